The van der Waals surface area contributed by atoms with E-state index in [9.17, 15) is 0 Å². The molecule has 1 unspecified atom stereocenters. The first kappa shape index (κ1) is 47.2. The Morgan fingerprint density at radius 1 is 0.365 bits per heavy atom. The molecule has 0 saturated heterocycles. The second kappa shape index (κ2) is 22.1. The number of nitrogens with zero attached hydrogens (tertiary/aromatic N) is 2. The van der Waals surface area contributed by atoms with Gasteiger partial charge in [-0.1, -0.05) is 250 Å². The molecule has 0 radical (unpaired) electrons. The van der Waals surface area contributed by atoms with Crippen LogP contribution in [0.5, 0.6) is 0 Å². The highest BCUT2D eigenvalue weighted by atomic mass is 15.1. The van der Waals surface area contributed by atoms with Gasteiger partial charge in [0.25, 0.3) is 0 Å². The number of hydrogen-bond acceptors (Lipinski definition) is 2. The number of allylic oxidation sites excluding steroid dienone is 1. The zero-order valence-corrected chi connectivity index (χ0v) is 42.0. The molecular weight excluding hydrogens is 893 g/mol. The van der Waals surface area contributed by atoms with Crippen molar-refractivity contribution in [1.82, 2.24) is 0 Å². The van der Waals surface area contributed by atoms with Gasteiger partial charge in [0.2, 0.25) is 0 Å². The highest BCUT2D eigenvalue weighted by Gasteiger charge is 2.16. The van der Waals surface area contributed by atoms with E-state index in [1.165, 1.54) is 60.8 Å². The van der Waals surface area contributed by atoms with Crippen molar-refractivity contribution in [3.05, 3.63) is 302 Å². The third-order valence-corrected chi connectivity index (χ3v) is 14.1. The molecule has 74 heavy (non-hydrogen) atoms. The first-order chi connectivity index (χ1) is 36.5. The molecule has 0 bridgehead atoms. The molecule has 11 aromatic rings. The van der Waals surface area contributed by atoms with Crippen LogP contribution in [0.3, 0.4) is 0 Å². The van der Waals surface area contributed by atoms with Gasteiger partial charge < -0.3 is 4.90 Å². The average molecular weight is 951 g/mol. The van der Waals surface area contributed by atoms with Gasteiger partial charge in [0, 0.05) is 28.7 Å². The van der Waals surface area contributed by atoms with E-state index in [-0.39, 0.29) is 5.92 Å². The first-order valence-electron chi connectivity index (χ1n) is 25.9. The van der Waals surface area contributed by atoms with Crippen LogP contribution in [0.2, 0.25) is 0 Å². The van der Waals surface area contributed by atoms with Gasteiger partial charge in [-0.05, 0) is 145 Å². The molecule has 0 aliphatic carbocycles. The number of hydrogen-bond donors (Lipinski definition) is 0. The lowest BCUT2D eigenvalue weighted by molar-refractivity contribution is 0.718. The Labute approximate surface area is 437 Å². The normalized spacial score (nSPS) is 12.1. The largest absolute Gasteiger partial charge is 0.311 e. The maximum absolute atomic E-state index is 5.37. The second-order valence-electron chi connectivity index (χ2n) is 19.1. The van der Waals surface area contributed by atoms with E-state index in [1.54, 1.807) is 0 Å². The third-order valence-electron chi connectivity index (χ3n) is 14.1. The molecule has 0 aliphatic rings. The summed E-state index contributed by atoms with van der Waals surface area (Å²) in [6, 6.07) is 101. The van der Waals surface area contributed by atoms with E-state index in [4.69, 9.17) is 4.99 Å². The summed E-state index contributed by atoms with van der Waals surface area (Å²) in [5.41, 5.74) is 20.6. The average Bonchev–Trinajstić information content (AvgIpc) is 3.48. The van der Waals surface area contributed by atoms with Crippen LogP contribution in [0.25, 0.3) is 72.1 Å². The van der Waals surface area contributed by atoms with Gasteiger partial charge in [0.05, 0.1) is 5.70 Å². The number of fused-ring (bicyclic) bond motifs is 1. The van der Waals surface area contributed by atoms with Crippen molar-refractivity contribution in [2.45, 2.75) is 32.6 Å². The zero-order chi connectivity index (χ0) is 50.1. The Hall–Kier alpha value is -9.11. The third kappa shape index (κ3) is 10.7. The molecule has 11 aromatic carbocycles. The molecule has 0 aliphatic heterocycles. The maximum Gasteiger partial charge on any atom is 0.0671 e. The summed E-state index contributed by atoms with van der Waals surface area (Å²) in [6.07, 6.45) is 4.49. The zero-order valence-electron chi connectivity index (χ0n) is 42.0. The van der Waals surface area contributed by atoms with Crippen molar-refractivity contribution in [3.63, 3.8) is 0 Å². The van der Waals surface area contributed by atoms with E-state index < -0.39 is 0 Å². The summed E-state index contributed by atoms with van der Waals surface area (Å²) < 4.78 is 0. The standard InChI is InChI=1S/C72H58N2/c1-3-17-62(68-35-32-56-24-13-14-25-63(56)50-68)51-72(73-52(2)53-18-7-4-8-19-53)61-33-30-57(31-34-61)58-36-42-69(43-37-58)74(70-44-38-59(39-45-70)66-28-15-26-64(48-66)54-20-9-5-10-21-54)71-46-40-60(41-47-71)67-29-16-27-65(49-67)55-22-11-6-12-23-55/h4-16,18-51,62H,3,17H2,1-2H3/b72-51-,73-52?. The Balaban J connectivity index is 0.916. The van der Waals surface area contributed by atoms with Crippen molar-refractivity contribution in [2.24, 2.45) is 4.99 Å². The predicted octanol–water partition coefficient (Wildman–Crippen LogP) is 20.1. The lowest BCUT2D eigenvalue weighted by Gasteiger charge is -2.26. The van der Waals surface area contributed by atoms with Crippen molar-refractivity contribution in [3.8, 4) is 55.6 Å². The number of anilines is 3. The van der Waals surface area contributed by atoms with Crippen LogP contribution in [0, 0.1) is 0 Å². The summed E-state index contributed by atoms with van der Waals surface area (Å²) >= 11 is 0. The van der Waals surface area contributed by atoms with E-state index >= 15 is 0 Å². The van der Waals surface area contributed by atoms with Crippen molar-refractivity contribution < 1.29 is 0 Å². The Morgan fingerprint density at radius 3 is 1.23 bits per heavy atom. The van der Waals surface area contributed by atoms with Crippen LogP contribution in [0.15, 0.2) is 290 Å². The van der Waals surface area contributed by atoms with Gasteiger partial charge in [-0.25, -0.2) is 0 Å². The Bertz CT molecular complexity index is 3560. The Morgan fingerprint density at radius 2 is 0.757 bits per heavy atom. The molecule has 0 N–H and O–H groups in total. The van der Waals surface area contributed by atoms with Crippen LogP contribution >= 0.6 is 0 Å². The molecule has 0 aromatic heterocycles. The van der Waals surface area contributed by atoms with Gasteiger partial charge in [-0.3, -0.25) is 4.99 Å². The summed E-state index contributed by atoms with van der Waals surface area (Å²) in [4.78, 5) is 7.72. The van der Waals surface area contributed by atoms with Crippen LogP contribution in [0.1, 0.15) is 49.3 Å². The van der Waals surface area contributed by atoms with Crippen molar-refractivity contribution in [2.75, 3.05) is 4.90 Å². The van der Waals surface area contributed by atoms with Gasteiger partial charge in [-0.15, -0.1) is 0 Å². The lowest BCUT2D eigenvalue weighted by atomic mass is 9.90. The van der Waals surface area contributed by atoms with Gasteiger partial charge >= 0.3 is 0 Å². The monoisotopic (exact) mass is 950 g/mol. The molecule has 0 spiro atoms. The highest BCUT2D eigenvalue weighted by Crippen LogP contribution is 2.39. The molecule has 356 valence electrons. The minimum atomic E-state index is 0.214. The molecular formula is C72H58N2. The minimum absolute atomic E-state index is 0.214. The fourth-order valence-electron chi connectivity index (χ4n) is 10.1. The molecule has 2 heteroatoms. The first-order valence-corrected chi connectivity index (χ1v) is 25.9. The van der Waals surface area contributed by atoms with E-state index in [1.807, 2.05) is 0 Å². The summed E-state index contributed by atoms with van der Waals surface area (Å²) in [6.45, 7) is 4.39. The molecule has 0 amide bonds. The Kier molecular flexibility index (Phi) is 14.1. The molecule has 0 heterocycles. The van der Waals surface area contributed by atoms with Crippen LogP contribution in [0.4, 0.5) is 17.1 Å². The SMILES string of the molecule is CCCC(/C=C(\N=C(C)c1ccccc1)c1ccc(-c2ccc(N(c3ccc(-c4cccc(-c5ccccc5)c4)cc3)c3ccc(-c4cccc(-c5ccccc5)c4)cc3)cc2)cc1)c1ccc2ccccc2c1. The van der Waals surface area contributed by atoms with E-state index in [0.717, 1.165) is 63.6 Å². The predicted molar refractivity (Wildman–Crippen MR) is 317 cm³/mol. The molecule has 1 atom stereocenters. The van der Waals surface area contributed by atoms with Gasteiger partial charge in [0.15, 0.2) is 0 Å². The minimum Gasteiger partial charge on any atom is -0.311 e. The van der Waals surface area contributed by atoms with Crippen LogP contribution in [-0.4, -0.2) is 5.71 Å². The second-order valence-corrected chi connectivity index (χ2v) is 19.1. The van der Waals surface area contributed by atoms with Crippen LogP contribution in [-0.2, 0) is 0 Å². The summed E-state index contributed by atoms with van der Waals surface area (Å²) in [5, 5.41) is 2.52. The van der Waals surface area contributed by atoms with E-state index in [2.05, 4.69) is 304 Å². The number of aliphatic imine (C=N–C) groups is 1. The van der Waals surface area contributed by atoms with Crippen molar-refractivity contribution >= 4 is 39.2 Å². The van der Waals surface area contributed by atoms with Gasteiger partial charge in [0.1, 0.15) is 0 Å². The summed E-state index contributed by atoms with van der Waals surface area (Å²) in [5.74, 6) is 0.214. The quantitative estimate of drug-likeness (QED) is 0.0935. The van der Waals surface area contributed by atoms with Gasteiger partial charge in [-0.2, -0.15) is 0 Å². The highest BCUT2D eigenvalue weighted by molar-refractivity contribution is 6.02. The molecule has 2 nitrogen and oxygen atoms in total. The fourth-order valence-corrected chi connectivity index (χ4v) is 10.1. The smallest absolute Gasteiger partial charge is 0.0671 e. The topological polar surface area (TPSA) is 15.6 Å². The number of benzene rings is 11. The van der Waals surface area contributed by atoms with E-state index in [0.29, 0.717) is 0 Å². The summed E-state index contributed by atoms with van der Waals surface area (Å²) in [7, 11) is 0. The fraction of sp³-hybridized carbons (Fsp3) is 0.0694. The number of rotatable bonds is 15. The molecule has 0 fully saturated rings. The maximum atomic E-state index is 5.37. The lowest BCUT2D eigenvalue weighted by Crippen LogP contribution is -2.09. The molecule has 0 saturated carbocycles. The van der Waals surface area contributed by atoms with Crippen LogP contribution < -0.4 is 4.90 Å². The molecule has 11 rings (SSSR count). The van der Waals surface area contributed by atoms with Crippen molar-refractivity contribution in [1.29, 1.82) is 0 Å².